The van der Waals surface area contributed by atoms with Crippen LogP contribution in [-0.4, -0.2) is 96.2 Å². The molecule has 0 spiro atoms. The number of aldehydes is 1. The number of unbranched alkanes of at least 4 members (excludes halogenated alkanes) is 2. The van der Waals surface area contributed by atoms with Crippen LogP contribution in [0.4, 0.5) is 0 Å². The van der Waals surface area contributed by atoms with Crippen LogP contribution in [0.5, 0.6) is 5.75 Å². The highest BCUT2D eigenvalue weighted by Crippen LogP contribution is 2.27. The third-order valence-corrected chi connectivity index (χ3v) is 7.35. The minimum atomic E-state index is -1.26. The molecule has 0 radical (unpaired) electrons. The first-order chi connectivity index (χ1) is 21.7. The monoisotopic (exact) mass is 649 g/mol. The van der Waals surface area contributed by atoms with Crippen LogP contribution in [0.2, 0.25) is 0 Å². The number of carboxylic acids is 1. The number of rotatable bonds is 19. The van der Waals surface area contributed by atoms with Crippen molar-refractivity contribution in [2.75, 3.05) is 26.7 Å². The van der Waals surface area contributed by atoms with Crippen LogP contribution in [0.1, 0.15) is 88.1 Å². The lowest BCUT2D eigenvalue weighted by molar-refractivity contribution is -0.195. The molecule has 46 heavy (non-hydrogen) atoms. The fraction of sp³-hybridized carbons (Fsp3) is 0.625. The van der Waals surface area contributed by atoms with E-state index in [1.807, 2.05) is 13.8 Å². The summed E-state index contributed by atoms with van der Waals surface area (Å²) in [4.78, 5) is 72.8. The summed E-state index contributed by atoms with van der Waals surface area (Å²) >= 11 is 0. The molecule has 1 heterocycles. The molecule has 3 unspecified atom stereocenters. The Morgan fingerprint density at radius 3 is 2.48 bits per heavy atom. The lowest BCUT2D eigenvalue weighted by Gasteiger charge is -2.31. The summed E-state index contributed by atoms with van der Waals surface area (Å²) in [5, 5.41) is 24.8. The molecular formula is C32H47N3O11. The summed E-state index contributed by atoms with van der Waals surface area (Å²) in [6.07, 6.45) is 0.427. The maximum absolute atomic E-state index is 13.1. The van der Waals surface area contributed by atoms with Crippen molar-refractivity contribution < 1.29 is 53.2 Å². The highest BCUT2D eigenvalue weighted by Gasteiger charge is 2.34. The molecule has 1 fully saturated rings. The van der Waals surface area contributed by atoms with Gasteiger partial charge in [0, 0.05) is 65.7 Å². The summed E-state index contributed by atoms with van der Waals surface area (Å²) in [7, 11) is 1.73. The molecule has 1 aliphatic rings. The second-order valence-corrected chi connectivity index (χ2v) is 12.2. The molecule has 3 amide bonds. The Kier molecular flexibility index (Phi) is 15.6. The molecule has 0 aliphatic carbocycles. The van der Waals surface area contributed by atoms with E-state index in [4.69, 9.17) is 14.2 Å². The van der Waals surface area contributed by atoms with E-state index in [0.29, 0.717) is 37.8 Å². The number of esters is 1. The number of carboxylic acid groups (broad SMARTS) is 1. The van der Waals surface area contributed by atoms with E-state index in [0.717, 1.165) is 19.1 Å². The summed E-state index contributed by atoms with van der Waals surface area (Å²) in [5.41, 5.74) is 0.200. The molecule has 0 aromatic heterocycles. The molecule has 1 saturated heterocycles. The second-order valence-electron chi connectivity index (χ2n) is 12.2. The van der Waals surface area contributed by atoms with Gasteiger partial charge in [-0.2, -0.15) is 0 Å². The summed E-state index contributed by atoms with van der Waals surface area (Å²) in [6, 6.07) is 4.52. The lowest BCUT2D eigenvalue weighted by Crippen LogP contribution is -2.42. The molecular weight excluding hydrogens is 602 g/mol. The zero-order valence-corrected chi connectivity index (χ0v) is 27.0. The van der Waals surface area contributed by atoms with Crippen LogP contribution in [0.3, 0.4) is 0 Å². The fourth-order valence-electron chi connectivity index (χ4n) is 4.71. The molecule has 4 N–H and O–H groups in total. The van der Waals surface area contributed by atoms with E-state index >= 15 is 0 Å². The van der Waals surface area contributed by atoms with Crippen molar-refractivity contribution in [3.8, 4) is 5.75 Å². The third-order valence-electron chi connectivity index (χ3n) is 7.35. The molecule has 1 aromatic carbocycles. The average molecular weight is 650 g/mol. The Morgan fingerprint density at radius 1 is 1.09 bits per heavy atom. The van der Waals surface area contributed by atoms with Crippen molar-refractivity contribution in [1.82, 2.24) is 15.5 Å². The fourth-order valence-corrected chi connectivity index (χ4v) is 4.71. The second kappa shape index (κ2) is 18.8. The summed E-state index contributed by atoms with van der Waals surface area (Å²) in [5.74, 6) is -2.41. The first kappa shape index (κ1) is 38.1. The normalized spacial score (nSPS) is 17.8. The van der Waals surface area contributed by atoms with Gasteiger partial charge in [-0.25, -0.2) is 4.79 Å². The van der Waals surface area contributed by atoms with Gasteiger partial charge in [-0.1, -0.05) is 26.3 Å². The van der Waals surface area contributed by atoms with Crippen LogP contribution >= 0.6 is 0 Å². The standard InChI is InChI=1S/C32H47N3O11/c1-21(37)44-20-22-9-10-25(45-29-18-23(38)17-26(46-29)31(42)43)24(16-22)30(41)34-13-12-33-27(39)8-6-5-7-14-35(4)28(40)19-32(2,3)11-15-36/h9-10,15-16,23,26,29,38H,5-8,11-14,17-20H2,1-4H3,(H,33,39)(H,34,41)(H,42,43). The van der Waals surface area contributed by atoms with Gasteiger partial charge in [-0.3, -0.25) is 19.2 Å². The van der Waals surface area contributed by atoms with Crippen molar-refractivity contribution in [2.45, 2.75) is 97.2 Å². The number of ether oxygens (including phenoxy) is 3. The Bertz CT molecular complexity index is 1220. The quantitative estimate of drug-likeness (QED) is 0.0971. The number of aliphatic carboxylic acids is 1. The minimum Gasteiger partial charge on any atom is -0.479 e. The molecule has 14 heteroatoms. The van der Waals surface area contributed by atoms with Crippen molar-refractivity contribution in [1.29, 1.82) is 0 Å². The first-order valence-corrected chi connectivity index (χ1v) is 15.4. The topological polar surface area (TPSA) is 198 Å². The van der Waals surface area contributed by atoms with Crippen LogP contribution in [0.25, 0.3) is 0 Å². The predicted octanol–water partition coefficient (Wildman–Crippen LogP) is 1.95. The van der Waals surface area contributed by atoms with Crippen molar-refractivity contribution in [2.24, 2.45) is 5.41 Å². The SMILES string of the molecule is CC(=O)OCc1ccc(OC2CC(O)CC(C(=O)O)O2)c(C(=O)NCCNC(=O)CCCCCN(C)C(=O)CC(C)(C)CC=O)c1. The number of nitrogens with one attached hydrogen (secondary N) is 2. The van der Waals surface area contributed by atoms with Gasteiger partial charge in [0.2, 0.25) is 18.1 Å². The highest BCUT2D eigenvalue weighted by molar-refractivity contribution is 5.97. The largest absolute Gasteiger partial charge is 0.479 e. The maximum atomic E-state index is 13.1. The zero-order valence-electron chi connectivity index (χ0n) is 27.0. The van der Waals surface area contributed by atoms with Gasteiger partial charge in [0.25, 0.3) is 5.91 Å². The van der Waals surface area contributed by atoms with Gasteiger partial charge >= 0.3 is 11.9 Å². The van der Waals surface area contributed by atoms with Gasteiger partial charge in [-0.05, 0) is 36.0 Å². The molecule has 0 bridgehead atoms. The Labute approximate surface area is 269 Å². The Hall–Kier alpha value is -4.04. The van der Waals surface area contributed by atoms with E-state index in [2.05, 4.69) is 10.6 Å². The van der Waals surface area contributed by atoms with E-state index in [-0.39, 0.29) is 61.1 Å². The van der Waals surface area contributed by atoms with E-state index in [1.54, 1.807) is 18.0 Å². The third kappa shape index (κ3) is 13.9. The maximum Gasteiger partial charge on any atom is 0.333 e. The number of amides is 3. The van der Waals surface area contributed by atoms with Gasteiger partial charge in [-0.15, -0.1) is 0 Å². The number of nitrogens with zero attached hydrogens (tertiary/aromatic N) is 1. The van der Waals surface area contributed by atoms with E-state index < -0.39 is 36.3 Å². The lowest BCUT2D eigenvalue weighted by atomic mass is 9.86. The number of hydrogen-bond acceptors (Lipinski definition) is 10. The van der Waals surface area contributed by atoms with E-state index in [9.17, 15) is 39.0 Å². The van der Waals surface area contributed by atoms with E-state index in [1.165, 1.54) is 19.1 Å². The molecule has 14 nitrogen and oxygen atoms in total. The Balaban J connectivity index is 1.82. The van der Waals surface area contributed by atoms with Crippen molar-refractivity contribution in [3.63, 3.8) is 0 Å². The molecule has 256 valence electrons. The predicted molar refractivity (Wildman–Crippen MR) is 165 cm³/mol. The van der Waals surface area contributed by atoms with Gasteiger partial charge in [0.05, 0.1) is 11.7 Å². The van der Waals surface area contributed by atoms with Crippen molar-refractivity contribution in [3.05, 3.63) is 29.3 Å². The molecule has 2 rings (SSSR count). The van der Waals surface area contributed by atoms with Crippen LogP contribution in [0.15, 0.2) is 18.2 Å². The summed E-state index contributed by atoms with van der Waals surface area (Å²) in [6.45, 7) is 5.77. The number of hydrogen-bond donors (Lipinski definition) is 4. The number of carbonyl (C=O) groups excluding carboxylic acids is 5. The number of aliphatic hydroxyl groups is 1. The Morgan fingerprint density at radius 2 is 1.80 bits per heavy atom. The summed E-state index contributed by atoms with van der Waals surface area (Å²) < 4.78 is 16.2. The molecule has 3 atom stereocenters. The van der Waals surface area contributed by atoms with Crippen molar-refractivity contribution >= 4 is 35.9 Å². The van der Waals surface area contributed by atoms with Gasteiger partial charge in [0.1, 0.15) is 18.6 Å². The van der Waals surface area contributed by atoms with Crippen LogP contribution in [0, 0.1) is 5.41 Å². The molecule has 1 aromatic rings. The number of carbonyl (C=O) groups is 6. The smallest absolute Gasteiger partial charge is 0.333 e. The highest BCUT2D eigenvalue weighted by atomic mass is 16.7. The van der Waals surface area contributed by atoms with Crippen LogP contribution < -0.4 is 15.4 Å². The van der Waals surface area contributed by atoms with Gasteiger partial charge < -0.3 is 44.8 Å². The van der Waals surface area contributed by atoms with Crippen LogP contribution in [-0.2, 0) is 40.1 Å². The molecule has 0 saturated carbocycles. The van der Waals surface area contributed by atoms with Gasteiger partial charge in [0.15, 0.2) is 6.10 Å². The number of benzene rings is 1. The first-order valence-electron chi connectivity index (χ1n) is 15.4. The zero-order chi connectivity index (χ0) is 34.3. The average Bonchev–Trinajstić information content (AvgIpc) is 2.97. The number of aliphatic hydroxyl groups excluding tert-OH is 1. The minimum absolute atomic E-state index is 0.00170. The molecule has 1 aliphatic heterocycles.